The summed E-state index contributed by atoms with van der Waals surface area (Å²) in [5.41, 5.74) is -0.361. The molecule has 5 nitrogen and oxygen atoms in total. The van der Waals surface area contributed by atoms with Crippen molar-refractivity contribution in [1.82, 2.24) is 0 Å². The zero-order valence-electron chi connectivity index (χ0n) is 14.3. The van der Waals surface area contributed by atoms with E-state index in [9.17, 15) is 19.1 Å². The first kappa shape index (κ1) is 17.2. The number of aliphatic hydroxyl groups is 1. The van der Waals surface area contributed by atoms with Gasteiger partial charge in [0.25, 0.3) is 5.91 Å². The molecule has 136 valence electrons. The molecule has 0 aliphatic carbocycles. The van der Waals surface area contributed by atoms with Crippen molar-refractivity contribution in [2.75, 3.05) is 4.90 Å². The predicted molar refractivity (Wildman–Crippen MR) is 95.6 cm³/mol. The van der Waals surface area contributed by atoms with Crippen LogP contribution in [-0.4, -0.2) is 16.8 Å². The summed E-state index contributed by atoms with van der Waals surface area (Å²) in [5.74, 6) is -1.33. The molecule has 0 spiro atoms. The fraction of sp³-hybridized carbons (Fsp3) is 0.143. The van der Waals surface area contributed by atoms with E-state index in [0.717, 1.165) is 0 Å². The maximum absolute atomic E-state index is 13.2. The summed E-state index contributed by atoms with van der Waals surface area (Å²) in [6.07, 6.45) is 0.943. The number of amides is 1. The number of rotatable bonds is 5. The van der Waals surface area contributed by atoms with Crippen LogP contribution in [0.2, 0.25) is 0 Å². The van der Waals surface area contributed by atoms with Crippen LogP contribution in [0.5, 0.6) is 0 Å². The zero-order valence-corrected chi connectivity index (χ0v) is 14.3. The molecule has 0 radical (unpaired) electrons. The van der Waals surface area contributed by atoms with Gasteiger partial charge in [0.1, 0.15) is 5.82 Å². The number of halogens is 1. The molecule has 1 aliphatic rings. The van der Waals surface area contributed by atoms with Crippen LogP contribution in [0.15, 0.2) is 71.3 Å². The second kappa shape index (κ2) is 6.48. The van der Waals surface area contributed by atoms with E-state index in [1.165, 1.54) is 29.4 Å². The average Bonchev–Trinajstić information content (AvgIpc) is 3.27. The summed E-state index contributed by atoms with van der Waals surface area (Å²) < 4.78 is 18.2. The number of nitrogens with zero attached hydrogens (tertiary/aromatic N) is 1. The molecule has 1 N–H and O–H groups in total. The number of ketones is 1. The van der Waals surface area contributed by atoms with Crippen molar-refractivity contribution in [2.45, 2.75) is 18.6 Å². The van der Waals surface area contributed by atoms with Crippen molar-refractivity contribution in [3.8, 4) is 0 Å². The first-order chi connectivity index (χ1) is 13.0. The Labute approximate surface area is 154 Å². The summed E-state index contributed by atoms with van der Waals surface area (Å²) >= 11 is 0. The third-order valence-corrected chi connectivity index (χ3v) is 4.71. The van der Waals surface area contributed by atoms with E-state index < -0.39 is 23.7 Å². The average molecular weight is 365 g/mol. The van der Waals surface area contributed by atoms with Crippen LogP contribution in [0.3, 0.4) is 0 Å². The number of fused-ring (bicyclic) bond motifs is 1. The molecule has 0 saturated carbocycles. The van der Waals surface area contributed by atoms with Gasteiger partial charge in [0.15, 0.2) is 11.4 Å². The van der Waals surface area contributed by atoms with Gasteiger partial charge in [-0.3, -0.25) is 9.59 Å². The van der Waals surface area contributed by atoms with Gasteiger partial charge in [-0.2, -0.15) is 0 Å². The van der Waals surface area contributed by atoms with E-state index >= 15 is 0 Å². The van der Waals surface area contributed by atoms with E-state index in [1.54, 1.807) is 42.5 Å². The quantitative estimate of drug-likeness (QED) is 0.704. The molecule has 27 heavy (non-hydrogen) atoms. The Morgan fingerprint density at radius 2 is 1.81 bits per heavy atom. The van der Waals surface area contributed by atoms with E-state index in [4.69, 9.17) is 4.42 Å². The Morgan fingerprint density at radius 3 is 2.52 bits per heavy atom. The lowest BCUT2D eigenvalue weighted by atomic mass is 9.89. The Hall–Kier alpha value is -3.25. The van der Waals surface area contributed by atoms with Crippen molar-refractivity contribution < 1.29 is 23.5 Å². The van der Waals surface area contributed by atoms with Crippen LogP contribution in [0.4, 0.5) is 10.1 Å². The van der Waals surface area contributed by atoms with Crippen molar-refractivity contribution in [2.24, 2.45) is 0 Å². The van der Waals surface area contributed by atoms with Gasteiger partial charge in [-0.15, -0.1) is 0 Å². The normalized spacial score (nSPS) is 18.6. The summed E-state index contributed by atoms with van der Waals surface area (Å²) in [6.45, 7) is 0.160. The highest BCUT2D eigenvalue weighted by molar-refractivity contribution is 6.10. The maximum Gasteiger partial charge on any atom is 0.264 e. The van der Waals surface area contributed by atoms with Gasteiger partial charge < -0.3 is 14.4 Å². The lowest BCUT2D eigenvalue weighted by Crippen LogP contribution is -2.41. The van der Waals surface area contributed by atoms with Gasteiger partial charge in [0, 0.05) is 5.56 Å². The van der Waals surface area contributed by atoms with Gasteiger partial charge >= 0.3 is 0 Å². The third kappa shape index (κ3) is 2.94. The monoisotopic (exact) mass is 365 g/mol. The molecule has 1 amide bonds. The molecule has 0 saturated heterocycles. The highest BCUT2D eigenvalue weighted by atomic mass is 19.1. The van der Waals surface area contributed by atoms with Gasteiger partial charge in [0.2, 0.25) is 5.78 Å². The second-order valence-electron chi connectivity index (χ2n) is 6.47. The first-order valence-corrected chi connectivity index (χ1v) is 8.44. The number of carbonyl (C=O) groups is 2. The minimum Gasteiger partial charge on any atom is -0.461 e. The summed E-state index contributed by atoms with van der Waals surface area (Å²) in [5, 5.41) is 11.2. The topological polar surface area (TPSA) is 70.8 Å². The Morgan fingerprint density at radius 1 is 1.07 bits per heavy atom. The SMILES string of the molecule is O=C(C[C@]1(O)C(=O)N(Cc2ccc(F)cc2)c2ccccc21)c1ccco1. The number of anilines is 1. The summed E-state index contributed by atoms with van der Waals surface area (Å²) in [6, 6.07) is 15.7. The van der Waals surface area contributed by atoms with Gasteiger partial charge in [0.05, 0.1) is 24.9 Å². The lowest BCUT2D eigenvalue weighted by Gasteiger charge is -2.22. The Kier molecular flexibility index (Phi) is 4.12. The molecule has 6 heteroatoms. The van der Waals surface area contributed by atoms with E-state index in [-0.39, 0.29) is 18.1 Å². The van der Waals surface area contributed by atoms with Gasteiger partial charge in [-0.05, 0) is 35.9 Å². The number of furan rings is 1. The lowest BCUT2D eigenvalue weighted by molar-refractivity contribution is -0.136. The van der Waals surface area contributed by atoms with Crippen LogP contribution in [-0.2, 0) is 16.9 Å². The third-order valence-electron chi connectivity index (χ3n) is 4.71. The fourth-order valence-corrected chi connectivity index (χ4v) is 3.36. The van der Waals surface area contributed by atoms with Crippen LogP contribution in [0.1, 0.15) is 28.1 Å². The largest absolute Gasteiger partial charge is 0.461 e. The number of hydrogen-bond donors (Lipinski definition) is 1. The number of Topliss-reactive ketones (excluding diaryl/α,β-unsaturated/α-hetero) is 1. The minimum absolute atomic E-state index is 0.0886. The van der Waals surface area contributed by atoms with Crippen molar-refractivity contribution in [3.63, 3.8) is 0 Å². The predicted octanol–water partition coefficient (Wildman–Crippen LogP) is 3.43. The number of para-hydroxylation sites is 1. The minimum atomic E-state index is -1.97. The van der Waals surface area contributed by atoms with Crippen LogP contribution >= 0.6 is 0 Å². The van der Waals surface area contributed by atoms with Crippen molar-refractivity contribution >= 4 is 17.4 Å². The summed E-state index contributed by atoms with van der Waals surface area (Å²) in [4.78, 5) is 27.0. The smallest absolute Gasteiger partial charge is 0.264 e. The molecule has 0 bridgehead atoms. The molecule has 2 heterocycles. The molecular formula is C21H16FNO4. The molecule has 2 aromatic carbocycles. The van der Waals surface area contributed by atoms with Crippen molar-refractivity contribution in [1.29, 1.82) is 0 Å². The molecule has 1 aromatic heterocycles. The highest BCUT2D eigenvalue weighted by Gasteiger charge is 2.51. The number of benzene rings is 2. The zero-order chi connectivity index (χ0) is 19.0. The number of carbonyl (C=O) groups excluding carboxylic acids is 2. The van der Waals surface area contributed by atoms with E-state index in [0.29, 0.717) is 16.8 Å². The Balaban J connectivity index is 1.68. The molecule has 1 atom stereocenters. The Bertz CT molecular complexity index is 997. The van der Waals surface area contributed by atoms with Crippen LogP contribution < -0.4 is 4.90 Å². The van der Waals surface area contributed by atoms with Crippen LogP contribution in [0.25, 0.3) is 0 Å². The number of hydrogen-bond acceptors (Lipinski definition) is 4. The van der Waals surface area contributed by atoms with Gasteiger partial charge in [-0.1, -0.05) is 30.3 Å². The maximum atomic E-state index is 13.2. The molecule has 4 rings (SSSR count). The van der Waals surface area contributed by atoms with E-state index in [1.807, 2.05) is 0 Å². The molecule has 3 aromatic rings. The molecular weight excluding hydrogens is 349 g/mol. The fourth-order valence-electron chi connectivity index (χ4n) is 3.36. The second-order valence-corrected chi connectivity index (χ2v) is 6.47. The molecule has 1 aliphatic heterocycles. The standard InChI is InChI=1S/C21H16FNO4/c22-15-9-7-14(8-10-15)13-23-17-5-2-1-4-16(17)21(26,20(23)25)12-18(24)19-6-3-11-27-19/h1-11,26H,12-13H2/t21-/m1/s1. The highest BCUT2D eigenvalue weighted by Crippen LogP contribution is 2.43. The molecule has 0 fully saturated rings. The van der Waals surface area contributed by atoms with Gasteiger partial charge in [-0.25, -0.2) is 4.39 Å². The summed E-state index contributed by atoms with van der Waals surface area (Å²) in [7, 11) is 0. The van der Waals surface area contributed by atoms with Crippen molar-refractivity contribution in [3.05, 3.63) is 89.6 Å². The first-order valence-electron chi connectivity index (χ1n) is 8.44. The van der Waals surface area contributed by atoms with E-state index in [2.05, 4.69) is 0 Å². The molecule has 0 unspecified atom stereocenters. The van der Waals surface area contributed by atoms with Crippen LogP contribution in [0, 0.1) is 5.82 Å².